The second kappa shape index (κ2) is 11.6. The third-order valence-corrected chi connectivity index (χ3v) is 4.43. The summed E-state index contributed by atoms with van der Waals surface area (Å²) in [5, 5.41) is 0. The average molecular weight is 386 g/mol. The predicted molar refractivity (Wildman–Crippen MR) is 117 cm³/mol. The van der Waals surface area contributed by atoms with Crippen LogP contribution in [-0.4, -0.2) is 12.4 Å². The monoisotopic (exact) mass is 386 g/mol. The molecular formula is C26H26O3. The fraction of sp³-hybridized carbons (Fsp3) is 0.192. The van der Waals surface area contributed by atoms with Gasteiger partial charge in [0.2, 0.25) is 0 Å². The normalized spacial score (nSPS) is 10.9. The first-order valence-corrected chi connectivity index (χ1v) is 9.89. The lowest BCUT2D eigenvalue weighted by Crippen LogP contribution is -2.00. The van der Waals surface area contributed by atoms with Gasteiger partial charge in [-0.3, -0.25) is 4.79 Å². The first-order valence-electron chi connectivity index (χ1n) is 9.89. The van der Waals surface area contributed by atoms with E-state index < -0.39 is 0 Å². The van der Waals surface area contributed by atoms with Crippen LogP contribution in [0.4, 0.5) is 0 Å². The van der Waals surface area contributed by atoms with Gasteiger partial charge in [-0.25, -0.2) is 0 Å². The zero-order valence-corrected chi connectivity index (χ0v) is 16.5. The number of carbonyl (C=O) groups excluding carboxylic acids is 1. The Morgan fingerprint density at radius 1 is 0.759 bits per heavy atom. The quantitative estimate of drug-likeness (QED) is 0.306. The van der Waals surface area contributed by atoms with E-state index in [-0.39, 0.29) is 5.78 Å². The van der Waals surface area contributed by atoms with Gasteiger partial charge in [-0.05, 0) is 35.8 Å². The summed E-state index contributed by atoms with van der Waals surface area (Å²) in [7, 11) is 0. The minimum Gasteiger partial charge on any atom is -0.488 e. The Hall–Kier alpha value is -3.17. The van der Waals surface area contributed by atoms with Crippen LogP contribution in [0.1, 0.15) is 29.5 Å². The maximum Gasteiger partial charge on any atom is 0.155 e. The average Bonchev–Trinajstić information content (AvgIpc) is 2.78. The fourth-order valence-electron chi connectivity index (χ4n) is 2.86. The Kier molecular flexibility index (Phi) is 8.24. The van der Waals surface area contributed by atoms with Gasteiger partial charge in [-0.2, -0.15) is 0 Å². The molecule has 3 aromatic carbocycles. The second-order valence-electron chi connectivity index (χ2n) is 6.75. The zero-order valence-electron chi connectivity index (χ0n) is 16.5. The molecule has 3 rings (SSSR count). The lowest BCUT2D eigenvalue weighted by molar-refractivity contribution is -0.114. The van der Waals surface area contributed by atoms with Gasteiger partial charge in [-0.1, -0.05) is 78.9 Å². The number of hydrogen-bond acceptors (Lipinski definition) is 3. The van der Waals surface area contributed by atoms with E-state index >= 15 is 0 Å². The highest BCUT2D eigenvalue weighted by atomic mass is 16.5. The van der Waals surface area contributed by atoms with Gasteiger partial charge in [-0.15, -0.1) is 0 Å². The summed E-state index contributed by atoms with van der Waals surface area (Å²) in [6.07, 6.45) is 4.63. The maximum atomic E-state index is 12.2. The Morgan fingerprint density at radius 2 is 1.38 bits per heavy atom. The van der Waals surface area contributed by atoms with Crippen LogP contribution in [0.15, 0.2) is 91.0 Å². The van der Waals surface area contributed by atoms with Gasteiger partial charge in [0.1, 0.15) is 12.4 Å². The second-order valence-corrected chi connectivity index (χ2v) is 6.75. The van der Waals surface area contributed by atoms with Crippen molar-refractivity contribution in [3.63, 3.8) is 0 Å². The molecule has 148 valence electrons. The standard InChI is InChI=1S/C26H26O3/c27-25(15-9-19-28-20-22-10-3-1-4-11-22)18-17-24-14-7-8-16-26(24)29-21-23-12-5-2-6-13-23/h1-8,10-14,16-18H,9,15,19-21H2/b18-17+. The fourth-order valence-corrected chi connectivity index (χ4v) is 2.86. The summed E-state index contributed by atoms with van der Waals surface area (Å²) in [5.74, 6) is 0.859. The first-order chi connectivity index (χ1) is 14.3. The van der Waals surface area contributed by atoms with E-state index in [0.29, 0.717) is 32.7 Å². The minimum absolute atomic E-state index is 0.0890. The van der Waals surface area contributed by atoms with Crippen molar-refractivity contribution in [1.82, 2.24) is 0 Å². The van der Waals surface area contributed by atoms with E-state index in [4.69, 9.17) is 9.47 Å². The van der Waals surface area contributed by atoms with Crippen LogP contribution in [-0.2, 0) is 22.7 Å². The number of rotatable bonds is 11. The molecule has 0 aliphatic carbocycles. The molecule has 0 fully saturated rings. The van der Waals surface area contributed by atoms with Gasteiger partial charge in [0.05, 0.1) is 6.61 Å². The molecule has 0 saturated heterocycles. The molecule has 0 amide bonds. The predicted octanol–water partition coefficient (Wildman–Crippen LogP) is 5.84. The van der Waals surface area contributed by atoms with Crippen molar-refractivity contribution in [2.45, 2.75) is 26.1 Å². The van der Waals surface area contributed by atoms with E-state index in [1.807, 2.05) is 91.0 Å². The van der Waals surface area contributed by atoms with Crippen LogP contribution in [0, 0.1) is 0 Å². The maximum absolute atomic E-state index is 12.2. The van der Waals surface area contributed by atoms with E-state index in [2.05, 4.69) is 0 Å². The van der Waals surface area contributed by atoms with Crippen molar-refractivity contribution < 1.29 is 14.3 Å². The van der Waals surface area contributed by atoms with Crippen LogP contribution in [0.25, 0.3) is 6.08 Å². The molecule has 0 radical (unpaired) electrons. The Morgan fingerprint density at radius 3 is 2.10 bits per heavy atom. The third-order valence-electron chi connectivity index (χ3n) is 4.43. The molecule has 0 unspecified atom stereocenters. The topological polar surface area (TPSA) is 35.5 Å². The smallest absolute Gasteiger partial charge is 0.155 e. The van der Waals surface area contributed by atoms with E-state index in [0.717, 1.165) is 22.4 Å². The molecule has 0 aliphatic heterocycles. The van der Waals surface area contributed by atoms with Gasteiger partial charge in [0.15, 0.2) is 5.78 Å². The van der Waals surface area contributed by atoms with E-state index in [9.17, 15) is 4.79 Å². The molecule has 0 N–H and O–H groups in total. The van der Waals surface area contributed by atoms with Crippen molar-refractivity contribution in [2.75, 3.05) is 6.61 Å². The van der Waals surface area contributed by atoms with Gasteiger partial charge >= 0.3 is 0 Å². The molecule has 3 nitrogen and oxygen atoms in total. The molecule has 29 heavy (non-hydrogen) atoms. The minimum atomic E-state index is 0.0890. The number of allylic oxidation sites excluding steroid dienone is 1. The lowest BCUT2D eigenvalue weighted by atomic mass is 10.1. The van der Waals surface area contributed by atoms with Crippen molar-refractivity contribution in [1.29, 1.82) is 0 Å². The van der Waals surface area contributed by atoms with Crippen LogP contribution in [0.2, 0.25) is 0 Å². The number of ether oxygens (including phenoxy) is 2. The Balaban J connectivity index is 1.42. The van der Waals surface area contributed by atoms with Gasteiger partial charge < -0.3 is 9.47 Å². The molecule has 3 aromatic rings. The van der Waals surface area contributed by atoms with Gasteiger partial charge in [0, 0.05) is 18.6 Å². The Bertz CT molecular complexity index is 902. The molecule has 0 atom stereocenters. The summed E-state index contributed by atoms with van der Waals surface area (Å²) in [6, 6.07) is 27.8. The van der Waals surface area contributed by atoms with Crippen LogP contribution in [0.5, 0.6) is 5.75 Å². The van der Waals surface area contributed by atoms with Crippen LogP contribution >= 0.6 is 0 Å². The number of carbonyl (C=O) groups is 1. The third kappa shape index (κ3) is 7.40. The molecule has 0 saturated carbocycles. The largest absolute Gasteiger partial charge is 0.488 e. The molecule has 0 spiro atoms. The van der Waals surface area contributed by atoms with Gasteiger partial charge in [0.25, 0.3) is 0 Å². The molecule has 3 heteroatoms. The zero-order chi connectivity index (χ0) is 20.2. The molecule has 0 heterocycles. The highest BCUT2D eigenvalue weighted by Crippen LogP contribution is 2.21. The summed E-state index contributed by atoms with van der Waals surface area (Å²) < 4.78 is 11.6. The number of ketones is 1. The van der Waals surface area contributed by atoms with Crippen molar-refractivity contribution in [3.8, 4) is 5.75 Å². The molecule has 0 aromatic heterocycles. The highest BCUT2D eigenvalue weighted by Gasteiger charge is 2.03. The highest BCUT2D eigenvalue weighted by molar-refractivity contribution is 5.93. The first kappa shape index (κ1) is 20.6. The SMILES string of the molecule is O=C(/C=C/c1ccccc1OCc1ccccc1)CCCOCc1ccccc1. The van der Waals surface area contributed by atoms with Crippen molar-refractivity contribution in [3.05, 3.63) is 108 Å². The molecular weight excluding hydrogens is 360 g/mol. The lowest BCUT2D eigenvalue weighted by Gasteiger charge is -2.09. The number of para-hydroxylation sites is 1. The number of benzene rings is 3. The molecule has 0 bridgehead atoms. The van der Waals surface area contributed by atoms with E-state index in [1.165, 1.54) is 0 Å². The summed E-state index contributed by atoms with van der Waals surface area (Å²) in [5.41, 5.74) is 3.15. The van der Waals surface area contributed by atoms with Crippen molar-refractivity contribution in [2.24, 2.45) is 0 Å². The summed E-state index contributed by atoms with van der Waals surface area (Å²) in [4.78, 5) is 12.2. The summed E-state index contributed by atoms with van der Waals surface area (Å²) in [6.45, 7) is 1.65. The van der Waals surface area contributed by atoms with Crippen LogP contribution < -0.4 is 4.74 Å². The Labute approximate surface area is 172 Å². The van der Waals surface area contributed by atoms with Crippen LogP contribution in [0.3, 0.4) is 0 Å². The van der Waals surface area contributed by atoms with E-state index in [1.54, 1.807) is 6.08 Å². The van der Waals surface area contributed by atoms with Crippen molar-refractivity contribution >= 4 is 11.9 Å². The number of hydrogen-bond donors (Lipinski definition) is 0. The summed E-state index contributed by atoms with van der Waals surface area (Å²) >= 11 is 0. The molecule has 0 aliphatic rings.